The van der Waals surface area contributed by atoms with Gasteiger partial charge in [0.2, 0.25) is 5.28 Å². The molecule has 0 atom stereocenters. The van der Waals surface area contributed by atoms with E-state index in [4.69, 9.17) is 17.3 Å². The fourth-order valence-electron chi connectivity index (χ4n) is 1.79. The van der Waals surface area contributed by atoms with Crippen molar-refractivity contribution in [2.24, 2.45) is 5.41 Å². The number of nitrogen functional groups attached to an aromatic ring is 1. The van der Waals surface area contributed by atoms with Crippen LogP contribution >= 0.6 is 11.6 Å². The van der Waals surface area contributed by atoms with E-state index in [1.807, 2.05) is 6.92 Å². The number of nitrogens with zero attached hydrogens (tertiary/aromatic N) is 2. The molecule has 1 aromatic rings. The van der Waals surface area contributed by atoms with Gasteiger partial charge in [-0.2, -0.15) is 4.98 Å². The van der Waals surface area contributed by atoms with Gasteiger partial charge in [0.1, 0.15) is 0 Å². The molecule has 0 spiro atoms. The smallest absolute Gasteiger partial charge is 0.224 e. The van der Waals surface area contributed by atoms with Crippen LogP contribution in [0.4, 0.5) is 11.5 Å². The third kappa shape index (κ3) is 2.21. The summed E-state index contributed by atoms with van der Waals surface area (Å²) in [4.78, 5) is 8.12. The molecule has 0 amide bonds. The molecule has 1 heterocycles. The van der Waals surface area contributed by atoms with E-state index in [-0.39, 0.29) is 5.28 Å². The molecule has 0 aromatic carbocycles. The molecule has 1 saturated carbocycles. The Labute approximate surface area is 101 Å². The second-order valence-electron chi connectivity index (χ2n) is 4.55. The molecule has 0 radical (unpaired) electrons. The highest BCUT2D eigenvalue weighted by Crippen LogP contribution is 2.48. The van der Waals surface area contributed by atoms with Crippen LogP contribution in [-0.4, -0.2) is 16.5 Å². The Hall–Kier alpha value is -1.03. The van der Waals surface area contributed by atoms with E-state index in [2.05, 4.69) is 22.2 Å². The summed E-state index contributed by atoms with van der Waals surface area (Å²) >= 11 is 5.80. The lowest BCUT2D eigenvalue weighted by Crippen LogP contribution is -2.17. The molecule has 0 aliphatic heterocycles. The molecule has 88 valence electrons. The Morgan fingerprint density at radius 3 is 2.69 bits per heavy atom. The summed E-state index contributed by atoms with van der Waals surface area (Å²) in [5.41, 5.74) is 7.67. The van der Waals surface area contributed by atoms with Gasteiger partial charge in [-0.25, -0.2) is 4.98 Å². The first kappa shape index (κ1) is 11.5. The molecule has 16 heavy (non-hydrogen) atoms. The molecular weight excluding hydrogens is 224 g/mol. The summed E-state index contributed by atoms with van der Waals surface area (Å²) in [5, 5.41) is 3.53. The van der Waals surface area contributed by atoms with E-state index in [9.17, 15) is 0 Å². The lowest BCUT2D eigenvalue weighted by atomic mass is 10.0. The minimum atomic E-state index is 0.246. The molecule has 1 fully saturated rings. The summed E-state index contributed by atoms with van der Waals surface area (Å²) in [7, 11) is 0. The number of rotatable bonds is 4. The summed E-state index contributed by atoms with van der Waals surface area (Å²) in [6.07, 6.45) is 3.76. The third-order valence-electron chi connectivity index (χ3n) is 3.45. The van der Waals surface area contributed by atoms with E-state index >= 15 is 0 Å². The van der Waals surface area contributed by atoms with Gasteiger partial charge in [-0.1, -0.05) is 6.92 Å². The van der Waals surface area contributed by atoms with E-state index < -0.39 is 0 Å². The highest BCUT2D eigenvalue weighted by Gasteiger charge is 2.40. The Bertz CT molecular complexity index is 401. The van der Waals surface area contributed by atoms with Crippen molar-refractivity contribution in [1.82, 2.24) is 9.97 Å². The van der Waals surface area contributed by atoms with Crippen molar-refractivity contribution in [2.45, 2.75) is 33.1 Å². The van der Waals surface area contributed by atoms with E-state index in [1.54, 1.807) is 0 Å². The number of aromatic nitrogens is 2. The van der Waals surface area contributed by atoms with Gasteiger partial charge in [0.15, 0.2) is 5.82 Å². The largest absolute Gasteiger partial charge is 0.394 e. The number of nitrogens with two attached hydrogens (primary N) is 1. The minimum Gasteiger partial charge on any atom is -0.394 e. The van der Waals surface area contributed by atoms with Crippen LogP contribution in [-0.2, 0) is 0 Å². The maximum Gasteiger partial charge on any atom is 0.224 e. The average Bonchev–Trinajstić information content (AvgIpc) is 3.02. The van der Waals surface area contributed by atoms with Crippen LogP contribution in [0.15, 0.2) is 0 Å². The quantitative estimate of drug-likeness (QED) is 0.795. The second kappa shape index (κ2) is 4.09. The van der Waals surface area contributed by atoms with Crippen molar-refractivity contribution in [1.29, 1.82) is 0 Å². The molecular formula is C11H17ClN4. The number of hydrogen-bond acceptors (Lipinski definition) is 4. The average molecular weight is 241 g/mol. The molecule has 3 N–H and O–H groups in total. The first-order valence-electron chi connectivity index (χ1n) is 5.60. The van der Waals surface area contributed by atoms with Gasteiger partial charge < -0.3 is 11.1 Å². The molecule has 5 heteroatoms. The van der Waals surface area contributed by atoms with Gasteiger partial charge in [0.25, 0.3) is 0 Å². The Morgan fingerprint density at radius 2 is 2.12 bits per heavy atom. The zero-order chi connectivity index (χ0) is 11.8. The maximum atomic E-state index is 5.90. The molecule has 0 unspecified atom stereocenters. The monoisotopic (exact) mass is 240 g/mol. The predicted octanol–water partition coefficient (Wildman–Crippen LogP) is 2.62. The van der Waals surface area contributed by atoms with Crippen molar-refractivity contribution < 1.29 is 0 Å². The molecule has 0 saturated heterocycles. The zero-order valence-electron chi connectivity index (χ0n) is 9.68. The van der Waals surface area contributed by atoms with Gasteiger partial charge in [0, 0.05) is 6.54 Å². The van der Waals surface area contributed by atoms with Crippen LogP contribution in [0.5, 0.6) is 0 Å². The molecule has 4 nitrogen and oxygen atoms in total. The Kier molecular flexibility index (Phi) is 2.93. The Balaban J connectivity index is 2.09. The van der Waals surface area contributed by atoms with Crippen LogP contribution in [0.25, 0.3) is 0 Å². The SMILES string of the molecule is CCC1(CNc2nc(Cl)nc(C)c2N)CC1. The lowest BCUT2D eigenvalue weighted by Gasteiger charge is -2.15. The van der Waals surface area contributed by atoms with Crippen LogP contribution in [0.3, 0.4) is 0 Å². The topological polar surface area (TPSA) is 63.8 Å². The number of aryl methyl sites for hydroxylation is 1. The first-order chi connectivity index (χ1) is 7.56. The normalized spacial score (nSPS) is 17.2. The zero-order valence-corrected chi connectivity index (χ0v) is 10.4. The lowest BCUT2D eigenvalue weighted by molar-refractivity contribution is 0.521. The molecule has 2 rings (SSSR count). The highest BCUT2D eigenvalue weighted by atomic mass is 35.5. The summed E-state index contributed by atoms with van der Waals surface area (Å²) in [6, 6.07) is 0. The fourth-order valence-corrected chi connectivity index (χ4v) is 2.00. The molecule has 1 aromatic heterocycles. The molecule has 1 aliphatic rings. The van der Waals surface area contributed by atoms with E-state index in [1.165, 1.54) is 19.3 Å². The number of hydrogen-bond donors (Lipinski definition) is 2. The first-order valence-corrected chi connectivity index (χ1v) is 5.97. The highest BCUT2D eigenvalue weighted by molar-refractivity contribution is 6.28. The van der Waals surface area contributed by atoms with Gasteiger partial charge in [-0.15, -0.1) is 0 Å². The Morgan fingerprint density at radius 1 is 1.44 bits per heavy atom. The van der Waals surface area contributed by atoms with Gasteiger partial charge in [-0.05, 0) is 43.2 Å². The van der Waals surface area contributed by atoms with Crippen molar-refractivity contribution in [3.05, 3.63) is 11.0 Å². The van der Waals surface area contributed by atoms with Crippen LogP contribution in [0.2, 0.25) is 5.28 Å². The summed E-state index contributed by atoms with van der Waals surface area (Å²) in [5.74, 6) is 0.664. The van der Waals surface area contributed by atoms with E-state index in [0.717, 1.165) is 12.2 Å². The summed E-state index contributed by atoms with van der Waals surface area (Å²) in [6.45, 7) is 4.97. The van der Waals surface area contributed by atoms with Crippen molar-refractivity contribution in [3.8, 4) is 0 Å². The number of halogens is 1. The standard InChI is InChI=1S/C11H17ClN4/c1-3-11(4-5-11)6-14-9-8(13)7(2)15-10(12)16-9/h3-6,13H2,1-2H3,(H,14,15,16). The summed E-state index contributed by atoms with van der Waals surface area (Å²) < 4.78 is 0. The van der Waals surface area contributed by atoms with Gasteiger partial charge in [-0.3, -0.25) is 0 Å². The fraction of sp³-hybridized carbons (Fsp3) is 0.636. The molecule has 0 bridgehead atoms. The van der Waals surface area contributed by atoms with Crippen LogP contribution < -0.4 is 11.1 Å². The number of nitrogens with one attached hydrogen (secondary N) is 1. The van der Waals surface area contributed by atoms with Crippen LogP contribution in [0.1, 0.15) is 31.9 Å². The van der Waals surface area contributed by atoms with Crippen molar-refractivity contribution >= 4 is 23.1 Å². The molecule has 1 aliphatic carbocycles. The second-order valence-corrected chi connectivity index (χ2v) is 4.89. The maximum absolute atomic E-state index is 5.90. The van der Waals surface area contributed by atoms with Crippen molar-refractivity contribution in [3.63, 3.8) is 0 Å². The van der Waals surface area contributed by atoms with Gasteiger partial charge in [0.05, 0.1) is 11.4 Å². The van der Waals surface area contributed by atoms with Gasteiger partial charge >= 0.3 is 0 Å². The third-order valence-corrected chi connectivity index (χ3v) is 3.62. The van der Waals surface area contributed by atoms with Crippen LogP contribution in [0, 0.1) is 12.3 Å². The van der Waals surface area contributed by atoms with E-state index in [0.29, 0.717) is 16.9 Å². The van der Waals surface area contributed by atoms with Crippen molar-refractivity contribution in [2.75, 3.05) is 17.6 Å². The predicted molar refractivity (Wildman–Crippen MR) is 66.6 cm³/mol. The number of anilines is 2. The minimum absolute atomic E-state index is 0.246.